The molecule has 11 heteroatoms. The van der Waals surface area contributed by atoms with Crippen LogP contribution in [-0.4, -0.2) is 71.6 Å². The van der Waals surface area contributed by atoms with Gasteiger partial charge in [0.15, 0.2) is 0 Å². The van der Waals surface area contributed by atoms with Crippen molar-refractivity contribution in [2.75, 3.05) is 30.8 Å². The SMILES string of the molecule is CCC(CC)N(Cc1cccc(C(=O)Nc2sc3c(c2C(=O)Nc2ccc(CCc4ccc(C(=O)OC)cc4)cc2)CCCC3)c1)C[C@@H]1CCCN1C(=O)OC(C)(C)C. The van der Waals surface area contributed by atoms with Gasteiger partial charge in [0.25, 0.3) is 11.8 Å². The van der Waals surface area contributed by atoms with Gasteiger partial charge in [-0.3, -0.25) is 14.5 Å². The van der Waals surface area contributed by atoms with Gasteiger partial charge in [-0.1, -0.05) is 50.2 Å². The van der Waals surface area contributed by atoms with Crippen LogP contribution in [0.15, 0.2) is 72.8 Å². The number of ether oxygens (including phenoxy) is 2. The second-order valence-electron chi connectivity index (χ2n) is 16.8. The molecule has 1 fully saturated rings. The zero-order chi connectivity index (χ0) is 42.1. The summed E-state index contributed by atoms with van der Waals surface area (Å²) in [6.45, 7) is 12.2. The van der Waals surface area contributed by atoms with Crippen molar-refractivity contribution in [3.8, 4) is 0 Å². The van der Waals surface area contributed by atoms with E-state index in [4.69, 9.17) is 9.47 Å². The molecule has 314 valence electrons. The third-order valence-electron chi connectivity index (χ3n) is 11.4. The van der Waals surface area contributed by atoms with Crippen molar-refractivity contribution in [1.29, 1.82) is 0 Å². The minimum atomic E-state index is -0.550. The maximum Gasteiger partial charge on any atom is 0.410 e. The first-order chi connectivity index (χ1) is 28.3. The number of carbonyl (C=O) groups excluding carboxylic acids is 4. The van der Waals surface area contributed by atoms with Gasteiger partial charge in [0, 0.05) is 47.8 Å². The maximum absolute atomic E-state index is 14.0. The molecular weight excluding hydrogens is 761 g/mol. The van der Waals surface area contributed by atoms with Crippen LogP contribution >= 0.6 is 11.3 Å². The fourth-order valence-corrected chi connectivity index (χ4v) is 9.56. The van der Waals surface area contributed by atoms with Crippen LogP contribution in [0.25, 0.3) is 0 Å². The van der Waals surface area contributed by atoms with Crippen LogP contribution in [0.5, 0.6) is 0 Å². The van der Waals surface area contributed by atoms with Crippen molar-refractivity contribution >= 4 is 45.9 Å². The van der Waals surface area contributed by atoms with Crippen molar-refractivity contribution in [3.05, 3.63) is 117 Å². The fraction of sp³-hybridized carbons (Fsp3) is 0.458. The fourth-order valence-electron chi connectivity index (χ4n) is 8.28. The van der Waals surface area contributed by atoms with Crippen LogP contribution in [0.1, 0.15) is 131 Å². The molecule has 6 rings (SSSR count). The third kappa shape index (κ3) is 11.4. The number of nitrogens with one attached hydrogen (secondary N) is 2. The van der Waals surface area contributed by atoms with Gasteiger partial charge >= 0.3 is 12.1 Å². The van der Waals surface area contributed by atoms with Crippen LogP contribution in [-0.2, 0) is 41.7 Å². The van der Waals surface area contributed by atoms with Crippen LogP contribution in [0, 0.1) is 0 Å². The predicted octanol–water partition coefficient (Wildman–Crippen LogP) is 10.1. The number of carbonyl (C=O) groups is 4. The highest BCUT2D eigenvalue weighted by Crippen LogP contribution is 2.39. The van der Waals surface area contributed by atoms with Crippen molar-refractivity contribution in [2.45, 2.75) is 123 Å². The lowest BCUT2D eigenvalue weighted by Crippen LogP contribution is -2.47. The van der Waals surface area contributed by atoms with Gasteiger partial charge in [0.1, 0.15) is 10.6 Å². The molecule has 2 N–H and O–H groups in total. The van der Waals surface area contributed by atoms with Crippen molar-refractivity contribution in [2.24, 2.45) is 0 Å². The number of anilines is 2. The van der Waals surface area contributed by atoms with E-state index in [1.54, 1.807) is 12.1 Å². The molecule has 3 aromatic carbocycles. The number of likely N-dealkylation sites (tertiary alicyclic amines) is 1. The Hall–Kier alpha value is -5.00. The van der Waals surface area contributed by atoms with E-state index in [0.717, 1.165) is 97.9 Å². The van der Waals surface area contributed by atoms with E-state index in [9.17, 15) is 19.2 Å². The van der Waals surface area contributed by atoms with Crippen LogP contribution in [0.4, 0.5) is 15.5 Å². The molecule has 0 saturated carbocycles. The summed E-state index contributed by atoms with van der Waals surface area (Å²) in [6, 6.07) is 23.5. The van der Waals surface area contributed by atoms with Gasteiger partial charge < -0.3 is 25.0 Å². The standard InChI is InChI=1S/C48H60N4O6S/c1-7-38(8-2)51(31-39-15-12-28-52(39)47(56)58-48(3,4)5)30-34-13-11-14-36(29-34)43(53)50-45-42(40-16-9-10-17-41(40)59-45)44(54)49-37-26-22-33(23-27-37)19-18-32-20-24-35(25-21-32)46(55)57-6/h11,13-14,20-27,29,38-39H,7-10,12,15-19,28,30-31H2,1-6H3,(H,49,54)(H,50,53)/t39-/m0/s1. The smallest absolute Gasteiger partial charge is 0.410 e. The summed E-state index contributed by atoms with van der Waals surface area (Å²) in [4.78, 5) is 58.4. The van der Waals surface area contributed by atoms with Crippen LogP contribution in [0.2, 0.25) is 0 Å². The first-order valence-corrected chi connectivity index (χ1v) is 22.0. The zero-order valence-electron chi connectivity index (χ0n) is 35.5. The lowest BCUT2D eigenvalue weighted by atomic mass is 9.95. The van der Waals surface area contributed by atoms with E-state index >= 15 is 0 Å². The molecular formula is C48H60N4O6S. The lowest BCUT2D eigenvalue weighted by Gasteiger charge is -2.36. The number of rotatable bonds is 15. The number of hydrogen-bond acceptors (Lipinski definition) is 8. The second-order valence-corrected chi connectivity index (χ2v) is 17.9. The first kappa shape index (κ1) is 43.6. The van der Waals surface area contributed by atoms with E-state index < -0.39 is 5.60 Å². The molecule has 3 amide bonds. The van der Waals surface area contributed by atoms with Crippen LogP contribution < -0.4 is 10.6 Å². The summed E-state index contributed by atoms with van der Waals surface area (Å²) in [5.74, 6) is -0.816. The number of aryl methyl sites for hydroxylation is 3. The Kier molecular flexibility index (Phi) is 14.6. The Labute approximate surface area is 353 Å². The molecule has 1 aromatic heterocycles. The van der Waals surface area contributed by atoms with Gasteiger partial charge in [0.2, 0.25) is 0 Å². The topological polar surface area (TPSA) is 117 Å². The molecule has 0 bridgehead atoms. The van der Waals surface area contributed by atoms with Gasteiger partial charge in [0.05, 0.1) is 18.2 Å². The summed E-state index contributed by atoms with van der Waals surface area (Å²) in [6.07, 6.45) is 8.96. The molecule has 0 unspecified atom stereocenters. The minimum absolute atomic E-state index is 0.0643. The summed E-state index contributed by atoms with van der Waals surface area (Å²) in [7, 11) is 1.38. The summed E-state index contributed by atoms with van der Waals surface area (Å²) < 4.78 is 10.6. The number of hydrogen-bond donors (Lipinski definition) is 2. The average molecular weight is 821 g/mol. The Morgan fingerprint density at radius 1 is 0.831 bits per heavy atom. The predicted molar refractivity (Wildman–Crippen MR) is 236 cm³/mol. The van der Waals surface area contributed by atoms with E-state index in [1.807, 2.05) is 80.3 Å². The van der Waals surface area contributed by atoms with Crippen molar-refractivity contribution in [1.82, 2.24) is 9.80 Å². The molecule has 2 heterocycles. The summed E-state index contributed by atoms with van der Waals surface area (Å²) in [5.41, 5.74) is 6.07. The van der Waals surface area contributed by atoms with E-state index in [1.165, 1.54) is 18.4 Å². The van der Waals surface area contributed by atoms with Gasteiger partial charge in [-0.25, -0.2) is 9.59 Å². The average Bonchev–Trinajstić information content (AvgIpc) is 3.85. The molecule has 1 saturated heterocycles. The maximum atomic E-state index is 14.0. The molecule has 2 aliphatic rings. The van der Waals surface area contributed by atoms with Crippen molar-refractivity contribution < 1.29 is 28.7 Å². The highest BCUT2D eigenvalue weighted by molar-refractivity contribution is 7.17. The molecule has 59 heavy (non-hydrogen) atoms. The Bertz CT molecular complexity index is 2080. The molecule has 10 nitrogen and oxygen atoms in total. The van der Waals surface area contributed by atoms with Crippen LogP contribution in [0.3, 0.4) is 0 Å². The number of esters is 1. The molecule has 1 aliphatic heterocycles. The quantitative estimate of drug-likeness (QED) is 0.115. The number of amides is 3. The van der Waals surface area contributed by atoms with E-state index in [2.05, 4.69) is 35.4 Å². The Balaban J connectivity index is 1.12. The van der Waals surface area contributed by atoms with Gasteiger partial charge in [-0.05, 0) is 144 Å². The third-order valence-corrected chi connectivity index (χ3v) is 12.6. The van der Waals surface area contributed by atoms with Gasteiger partial charge in [-0.15, -0.1) is 11.3 Å². The Morgan fingerprint density at radius 3 is 2.17 bits per heavy atom. The molecule has 1 aliphatic carbocycles. The normalized spacial score (nSPS) is 15.3. The highest BCUT2D eigenvalue weighted by atomic mass is 32.1. The minimum Gasteiger partial charge on any atom is -0.465 e. The number of methoxy groups -OCH3 is 1. The monoisotopic (exact) mass is 820 g/mol. The number of nitrogens with zero attached hydrogens (tertiary/aromatic N) is 2. The van der Waals surface area contributed by atoms with Gasteiger partial charge in [-0.2, -0.15) is 0 Å². The van der Waals surface area contributed by atoms with E-state index in [-0.39, 0.29) is 29.9 Å². The largest absolute Gasteiger partial charge is 0.465 e. The number of fused-ring (bicyclic) bond motifs is 1. The molecule has 0 spiro atoms. The molecule has 1 atom stereocenters. The summed E-state index contributed by atoms with van der Waals surface area (Å²) in [5, 5.41) is 6.84. The summed E-state index contributed by atoms with van der Waals surface area (Å²) >= 11 is 1.51. The van der Waals surface area contributed by atoms with E-state index in [0.29, 0.717) is 46.5 Å². The molecule has 0 radical (unpaired) electrons. The Morgan fingerprint density at radius 2 is 1.51 bits per heavy atom. The number of benzene rings is 3. The van der Waals surface area contributed by atoms with Crippen molar-refractivity contribution in [3.63, 3.8) is 0 Å². The molecule has 4 aromatic rings. The highest BCUT2D eigenvalue weighted by Gasteiger charge is 2.34. The lowest BCUT2D eigenvalue weighted by molar-refractivity contribution is 0.0173. The zero-order valence-corrected chi connectivity index (χ0v) is 36.3. The second kappa shape index (κ2) is 19.8. The first-order valence-electron chi connectivity index (χ1n) is 21.2. The number of thiophene rings is 1.